The maximum Gasteiger partial charge on any atom is 0.164 e. The van der Waals surface area contributed by atoms with E-state index in [-0.39, 0.29) is 5.78 Å². The highest BCUT2D eigenvalue weighted by molar-refractivity contribution is 6.29. The Hall–Kier alpha value is -4.22. The van der Waals surface area contributed by atoms with E-state index in [9.17, 15) is 10.1 Å². The number of carbonyl (C=O) groups excluding carboxylic acids is 1. The lowest BCUT2D eigenvalue weighted by Gasteiger charge is -2.36. The summed E-state index contributed by atoms with van der Waals surface area (Å²) in [5.41, 5.74) is 3.98. The summed E-state index contributed by atoms with van der Waals surface area (Å²) in [5.74, 6) is -0.355. The maximum atomic E-state index is 15.0. The normalized spacial score (nSPS) is 25.4. The van der Waals surface area contributed by atoms with Crippen molar-refractivity contribution < 1.29 is 4.79 Å². The van der Waals surface area contributed by atoms with Crippen LogP contribution in [0.25, 0.3) is 11.1 Å². The topological polar surface area (TPSA) is 40.9 Å². The molecule has 34 heavy (non-hydrogen) atoms. The molecule has 2 heteroatoms. The van der Waals surface area contributed by atoms with Crippen LogP contribution < -0.4 is 0 Å². The van der Waals surface area contributed by atoms with Crippen LogP contribution in [0.1, 0.15) is 28.7 Å². The molecule has 2 aliphatic carbocycles. The minimum atomic E-state index is -1.03. The summed E-state index contributed by atoms with van der Waals surface area (Å²) in [6.45, 7) is 0. The summed E-state index contributed by atoms with van der Waals surface area (Å²) in [5, 5.41) is 10.5. The van der Waals surface area contributed by atoms with E-state index in [1.807, 2.05) is 97.1 Å². The number of Topliss-reactive ketones (excluding diaryl/α,β-unsaturated/α-hetero) is 1. The monoisotopic (exact) mass is 437 g/mol. The molecule has 0 aliphatic heterocycles. The molecule has 0 N–H and O–H groups in total. The molecule has 0 spiro atoms. The molecular weight excluding hydrogens is 414 g/mol. The summed E-state index contributed by atoms with van der Waals surface area (Å²) in [6, 6.07) is 43.0. The van der Waals surface area contributed by atoms with Crippen LogP contribution in [-0.4, -0.2) is 5.78 Å². The summed E-state index contributed by atoms with van der Waals surface area (Å²) in [6.07, 6.45) is 0.474. The van der Waals surface area contributed by atoms with Crippen LogP contribution in [0.5, 0.6) is 0 Å². The van der Waals surface area contributed by atoms with Crippen LogP contribution >= 0.6 is 0 Å². The van der Waals surface area contributed by atoms with E-state index in [1.54, 1.807) is 0 Å². The zero-order chi connectivity index (χ0) is 23.2. The SMILES string of the molecule is N#C[C@@H]1C[C@]2(c3ccccc3)C(=O)[C@]1(c1ccccc1)C(c1ccccc1)=C2c1ccccc1. The minimum absolute atomic E-state index is 0.113. The minimum Gasteiger partial charge on any atom is -0.297 e. The number of benzene rings is 4. The Bertz CT molecular complexity index is 1430. The highest BCUT2D eigenvalue weighted by atomic mass is 16.1. The molecule has 162 valence electrons. The van der Waals surface area contributed by atoms with Crippen LogP contribution in [0.15, 0.2) is 121 Å². The van der Waals surface area contributed by atoms with Crippen molar-refractivity contribution in [1.29, 1.82) is 5.26 Å². The molecule has 2 nitrogen and oxygen atoms in total. The predicted octanol–water partition coefficient (Wildman–Crippen LogP) is 6.60. The highest BCUT2D eigenvalue weighted by Gasteiger charge is 2.72. The molecule has 4 aromatic rings. The molecule has 1 fully saturated rings. The van der Waals surface area contributed by atoms with Crippen LogP contribution in [0.4, 0.5) is 0 Å². The van der Waals surface area contributed by atoms with Crippen LogP contribution in [-0.2, 0) is 15.6 Å². The van der Waals surface area contributed by atoms with Crippen molar-refractivity contribution in [2.24, 2.45) is 5.92 Å². The third kappa shape index (κ3) is 2.53. The lowest BCUT2D eigenvalue weighted by Crippen LogP contribution is -2.38. The molecule has 0 radical (unpaired) electrons. The number of ketones is 1. The fraction of sp³-hybridized carbons (Fsp3) is 0.125. The Labute approximate surface area is 199 Å². The summed E-state index contributed by atoms with van der Waals surface area (Å²) < 4.78 is 0. The van der Waals surface area contributed by atoms with Gasteiger partial charge in [-0.2, -0.15) is 5.26 Å². The maximum absolute atomic E-state index is 15.0. The highest BCUT2D eigenvalue weighted by Crippen LogP contribution is 2.70. The zero-order valence-electron chi connectivity index (χ0n) is 18.7. The smallest absolute Gasteiger partial charge is 0.164 e. The van der Waals surface area contributed by atoms with Crippen LogP contribution in [0, 0.1) is 17.2 Å². The number of hydrogen-bond donors (Lipinski definition) is 0. The first kappa shape index (κ1) is 20.4. The third-order valence-corrected chi connectivity index (χ3v) is 7.63. The lowest BCUT2D eigenvalue weighted by atomic mass is 9.63. The Morgan fingerprint density at radius 2 is 1.06 bits per heavy atom. The first-order valence-corrected chi connectivity index (χ1v) is 11.7. The summed E-state index contributed by atoms with van der Waals surface area (Å²) in [7, 11) is 0. The Morgan fingerprint density at radius 1 is 0.618 bits per heavy atom. The molecule has 2 aliphatic rings. The van der Waals surface area contributed by atoms with Gasteiger partial charge in [0, 0.05) is 0 Å². The van der Waals surface area contributed by atoms with Gasteiger partial charge in [-0.3, -0.25) is 4.79 Å². The van der Waals surface area contributed by atoms with Crippen molar-refractivity contribution in [2.75, 3.05) is 0 Å². The largest absolute Gasteiger partial charge is 0.297 e. The second kappa shape index (κ2) is 7.68. The van der Waals surface area contributed by atoms with Gasteiger partial charge in [-0.15, -0.1) is 0 Å². The Balaban J connectivity index is 1.82. The van der Waals surface area contributed by atoms with E-state index in [0.717, 1.165) is 33.4 Å². The molecular formula is C32H23NO. The van der Waals surface area contributed by atoms with Crippen molar-refractivity contribution in [3.8, 4) is 6.07 Å². The number of nitrogens with zero attached hydrogens (tertiary/aromatic N) is 1. The van der Waals surface area contributed by atoms with E-state index >= 15 is 0 Å². The van der Waals surface area contributed by atoms with Crippen molar-refractivity contribution in [2.45, 2.75) is 17.3 Å². The number of rotatable bonds is 4. The number of nitriles is 1. The van der Waals surface area contributed by atoms with Crippen molar-refractivity contribution in [3.63, 3.8) is 0 Å². The van der Waals surface area contributed by atoms with Crippen molar-refractivity contribution in [3.05, 3.63) is 144 Å². The van der Waals surface area contributed by atoms with E-state index in [0.29, 0.717) is 6.42 Å². The van der Waals surface area contributed by atoms with E-state index in [2.05, 4.69) is 30.3 Å². The van der Waals surface area contributed by atoms with Gasteiger partial charge in [-0.1, -0.05) is 121 Å². The van der Waals surface area contributed by atoms with Gasteiger partial charge < -0.3 is 0 Å². The van der Waals surface area contributed by atoms with E-state index in [1.165, 1.54) is 0 Å². The molecule has 0 saturated heterocycles. The Kier molecular flexibility index (Phi) is 4.61. The quantitative estimate of drug-likeness (QED) is 0.361. The fourth-order valence-corrected chi connectivity index (χ4v) is 6.37. The van der Waals surface area contributed by atoms with Crippen LogP contribution in [0.2, 0.25) is 0 Å². The Morgan fingerprint density at radius 3 is 1.56 bits per heavy atom. The third-order valence-electron chi connectivity index (χ3n) is 7.63. The molecule has 4 aromatic carbocycles. The van der Waals surface area contributed by atoms with Gasteiger partial charge in [-0.05, 0) is 39.8 Å². The van der Waals surface area contributed by atoms with Gasteiger partial charge in [0.2, 0.25) is 0 Å². The average molecular weight is 438 g/mol. The molecule has 0 unspecified atom stereocenters. The fourth-order valence-electron chi connectivity index (χ4n) is 6.37. The second-order valence-corrected chi connectivity index (χ2v) is 9.14. The average Bonchev–Trinajstić information content (AvgIpc) is 3.32. The summed E-state index contributed by atoms with van der Waals surface area (Å²) in [4.78, 5) is 15.0. The van der Waals surface area contributed by atoms with Gasteiger partial charge in [0.1, 0.15) is 0 Å². The molecule has 0 aromatic heterocycles. The first-order chi connectivity index (χ1) is 16.7. The predicted molar refractivity (Wildman–Crippen MR) is 135 cm³/mol. The number of carbonyl (C=O) groups is 1. The first-order valence-electron chi connectivity index (χ1n) is 11.7. The summed E-state index contributed by atoms with van der Waals surface area (Å²) >= 11 is 0. The van der Waals surface area contributed by atoms with Gasteiger partial charge in [0.05, 0.1) is 22.8 Å². The molecule has 6 rings (SSSR count). The molecule has 0 amide bonds. The number of fused-ring (bicyclic) bond motifs is 2. The van der Waals surface area contributed by atoms with Gasteiger partial charge >= 0.3 is 0 Å². The molecule has 1 saturated carbocycles. The molecule has 3 atom stereocenters. The van der Waals surface area contributed by atoms with Gasteiger partial charge in [0.25, 0.3) is 0 Å². The van der Waals surface area contributed by atoms with E-state index in [4.69, 9.17) is 0 Å². The second-order valence-electron chi connectivity index (χ2n) is 9.14. The zero-order valence-corrected chi connectivity index (χ0v) is 18.7. The van der Waals surface area contributed by atoms with Crippen molar-refractivity contribution in [1.82, 2.24) is 0 Å². The van der Waals surface area contributed by atoms with E-state index < -0.39 is 16.7 Å². The standard InChI is InChI=1S/C32H23NO/c33-22-27-21-31(25-17-9-3-10-18-25)28(23-13-5-1-6-14-23)29(24-15-7-2-8-16-24)32(27,30(31)34)26-19-11-4-12-20-26/h1-20,27H,21H2/t27-,31+,32-/m0/s1. The lowest BCUT2D eigenvalue weighted by molar-refractivity contribution is -0.123. The molecule has 2 bridgehead atoms. The number of allylic oxidation sites excluding steroid dienone is 2. The van der Waals surface area contributed by atoms with Crippen molar-refractivity contribution >= 4 is 16.9 Å². The number of hydrogen-bond acceptors (Lipinski definition) is 2. The molecule has 0 heterocycles. The van der Waals surface area contributed by atoms with Gasteiger partial charge in [0.15, 0.2) is 5.78 Å². The van der Waals surface area contributed by atoms with Gasteiger partial charge in [-0.25, -0.2) is 0 Å². The van der Waals surface area contributed by atoms with Crippen LogP contribution in [0.3, 0.4) is 0 Å².